The van der Waals surface area contributed by atoms with Crippen LogP contribution in [0.15, 0.2) is 24.4 Å². The lowest BCUT2D eigenvalue weighted by atomic mass is 10.1. The van der Waals surface area contributed by atoms with Crippen molar-refractivity contribution in [3.63, 3.8) is 0 Å². The van der Waals surface area contributed by atoms with Gasteiger partial charge in [-0.3, -0.25) is 4.79 Å². The average molecular weight is 397 g/mol. The van der Waals surface area contributed by atoms with Crippen molar-refractivity contribution in [3.05, 3.63) is 46.8 Å². The number of hydrogen-bond acceptors (Lipinski definition) is 6. The Kier molecular flexibility index (Phi) is 6.31. The van der Waals surface area contributed by atoms with Crippen LogP contribution >= 0.6 is 0 Å². The summed E-state index contributed by atoms with van der Waals surface area (Å²) in [6.07, 6.45) is 1.29. The van der Waals surface area contributed by atoms with Crippen molar-refractivity contribution in [2.24, 2.45) is 0 Å². The first-order valence-corrected chi connectivity index (χ1v) is 9.78. The van der Waals surface area contributed by atoms with E-state index in [-0.39, 0.29) is 12.0 Å². The first-order chi connectivity index (χ1) is 13.9. The molecule has 0 aliphatic carbocycles. The SMILES string of the molecule is CCOC(=O)N1CCN(c2nccc(C(=O)Nc3c(C)cc(C)cc3C)n2)CC1. The first-order valence-electron chi connectivity index (χ1n) is 9.78. The molecule has 1 aromatic heterocycles. The highest BCUT2D eigenvalue weighted by molar-refractivity contribution is 6.03. The lowest BCUT2D eigenvalue weighted by molar-refractivity contribution is 0.102. The molecular weight excluding hydrogens is 370 g/mol. The number of benzene rings is 1. The van der Waals surface area contributed by atoms with Crippen molar-refractivity contribution in [1.29, 1.82) is 0 Å². The van der Waals surface area contributed by atoms with Gasteiger partial charge in [0.2, 0.25) is 5.95 Å². The Morgan fingerprint density at radius 1 is 1.10 bits per heavy atom. The molecule has 1 aromatic carbocycles. The van der Waals surface area contributed by atoms with Gasteiger partial charge in [-0.2, -0.15) is 0 Å². The van der Waals surface area contributed by atoms with E-state index in [1.807, 2.05) is 37.8 Å². The van der Waals surface area contributed by atoms with Crippen molar-refractivity contribution in [3.8, 4) is 0 Å². The number of carbonyl (C=O) groups is 2. The summed E-state index contributed by atoms with van der Waals surface area (Å²) in [4.78, 5) is 37.0. The van der Waals surface area contributed by atoms with Crippen LogP contribution in [-0.4, -0.2) is 59.7 Å². The van der Waals surface area contributed by atoms with Gasteiger partial charge in [-0.1, -0.05) is 17.7 Å². The molecule has 3 rings (SSSR count). The quantitative estimate of drug-likeness (QED) is 0.853. The van der Waals surface area contributed by atoms with Crippen molar-refractivity contribution in [2.75, 3.05) is 43.0 Å². The average Bonchev–Trinajstić information content (AvgIpc) is 2.71. The molecule has 154 valence electrons. The molecular formula is C21H27N5O3. The number of nitrogens with one attached hydrogen (secondary N) is 1. The molecule has 1 aliphatic rings. The van der Waals surface area contributed by atoms with Gasteiger partial charge in [0.15, 0.2) is 0 Å². The Bertz CT molecular complexity index is 884. The molecule has 0 atom stereocenters. The van der Waals surface area contributed by atoms with Crippen molar-refractivity contribution in [2.45, 2.75) is 27.7 Å². The molecule has 0 spiro atoms. The molecule has 0 radical (unpaired) electrons. The molecule has 8 nitrogen and oxygen atoms in total. The van der Waals surface area contributed by atoms with Gasteiger partial charge in [0.25, 0.3) is 5.91 Å². The summed E-state index contributed by atoms with van der Waals surface area (Å²) in [6.45, 7) is 10.4. The van der Waals surface area contributed by atoms with E-state index >= 15 is 0 Å². The summed E-state index contributed by atoms with van der Waals surface area (Å²) in [5.41, 5.74) is 4.30. The van der Waals surface area contributed by atoms with Crippen LogP contribution in [0, 0.1) is 20.8 Å². The lowest BCUT2D eigenvalue weighted by Gasteiger charge is -2.34. The zero-order valence-corrected chi connectivity index (χ0v) is 17.4. The second-order valence-electron chi connectivity index (χ2n) is 7.14. The predicted octanol–water partition coefficient (Wildman–Crippen LogP) is 2.93. The summed E-state index contributed by atoms with van der Waals surface area (Å²) in [7, 11) is 0. The second kappa shape index (κ2) is 8.89. The van der Waals surface area contributed by atoms with E-state index < -0.39 is 0 Å². The topological polar surface area (TPSA) is 87.7 Å². The van der Waals surface area contributed by atoms with Crippen molar-refractivity contribution in [1.82, 2.24) is 14.9 Å². The van der Waals surface area contributed by atoms with E-state index in [1.165, 1.54) is 0 Å². The van der Waals surface area contributed by atoms with E-state index in [0.717, 1.165) is 22.4 Å². The fourth-order valence-corrected chi connectivity index (χ4v) is 3.49. The maximum absolute atomic E-state index is 12.8. The van der Waals surface area contributed by atoms with Crippen molar-refractivity contribution >= 4 is 23.6 Å². The third kappa shape index (κ3) is 4.82. The number of anilines is 2. The summed E-state index contributed by atoms with van der Waals surface area (Å²) in [5, 5.41) is 2.97. The van der Waals surface area contributed by atoms with Crippen LogP contribution in [0.5, 0.6) is 0 Å². The Hall–Kier alpha value is -3.16. The van der Waals surface area contributed by atoms with Crippen LogP contribution in [0.4, 0.5) is 16.4 Å². The molecule has 1 N–H and O–H groups in total. The standard InChI is InChI=1S/C21H27N5O3/c1-5-29-21(28)26-10-8-25(9-11-26)20-22-7-6-17(23-20)19(27)24-18-15(3)12-14(2)13-16(18)4/h6-7,12-13H,5,8-11H2,1-4H3,(H,24,27). The van der Waals surface area contributed by atoms with Crippen LogP contribution in [-0.2, 0) is 4.74 Å². The predicted molar refractivity (Wildman–Crippen MR) is 111 cm³/mol. The number of rotatable bonds is 4. The second-order valence-corrected chi connectivity index (χ2v) is 7.14. The summed E-state index contributed by atoms with van der Waals surface area (Å²) in [5.74, 6) is 0.215. The Morgan fingerprint density at radius 2 is 1.76 bits per heavy atom. The van der Waals surface area contributed by atoms with E-state index in [2.05, 4.69) is 15.3 Å². The fraction of sp³-hybridized carbons (Fsp3) is 0.429. The number of hydrogen-bond donors (Lipinski definition) is 1. The van der Waals surface area contributed by atoms with Crippen LogP contribution < -0.4 is 10.2 Å². The third-order valence-corrected chi connectivity index (χ3v) is 4.88. The molecule has 1 saturated heterocycles. The Labute approximate surface area is 170 Å². The smallest absolute Gasteiger partial charge is 0.409 e. The van der Waals surface area contributed by atoms with Gasteiger partial charge in [0, 0.05) is 38.1 Å². The van der Waals surface area contributed by atoms with Gasteiger partial charge in [-0.15, -0.1) is 0 Å². The molecule has 8 heteroatoms. The number of aryl methyl sites for hydroxylation is 3. The highest BCUT2D eigenvalue weighted by Crippen LogP contribution is 2.22. The minimum atomic E-state index is -0.301. The van der Waals surface area contributed by atoms with Crippen LogP contribution in [0.25, 0.3) is 0 Å². The molecule has 2 amide bonds. The molecule has 0 saturated carbocycles. The molecule has 29 heavy (non-hydrogen) atoms. The zero-order chi connectivity index (χ0) is 21.0. The number of ether oxygens (including phenoxy) is 1. The number of aromatic nitrogens is 2. The summed E-state index contributed by atoms with van der Waals surface area (Å²) in [6, 6.07) is 5.68. The highest BCUT2D eigenvalue weighted by Gasteiger charge is 2.24. The number of amides is 2. The van der Waals surface area contributed by atoms with Gasteiger partial charge in [0.05, 0.1) is 6.61 Å². The number of nitrogens with zero attached hydrogens (tertiary/aromatic N) is 4. The van der Waals surface area contributed by atoms with E-state index in [1.54, 1.807) is 24.1 Å². The monoisotopic (exact) mass is 397 g/mol. The molecule has 1 fully saturated rings. The van der Waals surface area contributed by atoms with Gasteiger partial charge in [-0.25, -0.2) is 14.8 Å². The normalized spacial score (nSPS) is 13.9. The van der Waals surface area contributed by atoms with Gasteiger partial charge >= 0.3 is 6.09 Å². The van der Waals surface area contributed by atoms with Gasteiger partial charge < -0.3 is 19.9 Å². The summed E-state index contributed by atoms with van der Waals surface area (Å²) < 4.78 is 5.04. The minimum Gasteiger partial charge on any atom is -0.450 e. The van der Waals surface area contributed by atoms with Gasteiger partial charge in [0.1, 0.15) is 5.69 Å². The maximum Gasteiger partial charge on any atom is 0.409 e. The summed E-state index contributed by atoms with van der Waals surface area (Å²) >= 11 is 0. The van der Waals surface area contributed by atoms with E-state index in [9.17, 15) is 9.59 Å². The fourth-order valence-electron chi connectivity index (χ4n) is 3.49. The largest absolute Gasteiger partial charge is 0.450 e. The highest BCUT2D eigenvalue weighted by atomic mass is 16.6. The molecule has 0 unspecified atom stereocenters. The zero-order valence-electron chi connectivity index (χ0n) is 17.4. The number of carbonyl (C=O) groups excluding carboxylic acids is 2. The minimum absolute atomic E-state index is 0.270. The van der Waals surface area contributed by atoms with Crippen LogP contribution in [0.1, 0.15) is 34.1 Å². The number of piperazine rings is 1. The Balaban J connectivity index is 1.69. The van der Waals surface area contributed by atoms with Crippen LogP contribution in [0.2, 0.25) is 0 Å². The van der Waals surface area contributed by atoms with Gasteiger partial charge in [-0.05, 0) is 44.9 Å². The van der Waals surface area contributed by atoms with E-state index in [4.69, 9.17) is 4.74 Å². The molecule has 0 bridgehead atoms. The Morgan fingerprint density at radius 3 is 2.38 bits per heavy atom. The maximum atomic E-state index is 12.8. The third-order valence-electron chi connectivity index (χ3n) is 4.88. The molecule has 2 heterocycles. The van der Waals surface area contributed by atoms with Crippen LogP contribution in [0.3, 0.4) is 0 Å². The molecule has 1 aliphatic heterocycles. The first kappa shape index (κ1) is 20.6. The van der Waals surface area contributed by atoms with Crippen molar-refractivity contribution < 1.29 is 14.3 Å². The molecule has 2 aromatic rings. The lowest BCUT2D eigenvalue weighted by Crippen LogP contribution is -2.49. The van der Waals surface area contributed by atoms with E-state index in [0.29, 0.717) is 44.4 Å².